The Morgan fingerprint density at radius 3 is 2.62 bits per heavy atom. The number of rotatable bonds is 3. The Balaban J connectivity index is 2.16. The molecule has 0 bridgehead atoms. The third-order valence-corrected chi connectivity index (χ3v) is 2.42. The zero-order valence-electron chi connectivity index (χ0n) is 8.98. The lowest BCUT2D eigenvalue weighted by atomic mass is 10.1. The molecule has 0 fully saturated rings. The lowest BCUT2D eigenvalue weighted by Gasteiger charge is -2.04. The fraction of sp³-hybridized carbons (Fsp3) is 0.143. The van der Waals surface area contributed by atoms with Crippen molar-refractivity contribution in [1.82, 2.24) is 0 Å². The summed E-state index contributed by atoms with van der Waals surface area (Å²) < 4.78 is 5.02. The van der Waals surface area contributed by atoms with Crippen LogP contribution in [0.15, 0.2) is 42.5 Å². The number of fused-ring (bicyclic) bond motifs is 1. The average molecular weight is 213 g/mol. The molecule has 2 aromatic carbocycles. The van der Waals surface area contributed by atoms with E-state index in [1.807, 2.05) is 36.4 Å². The van der Waals surface area contributed by atoms with E-state index in [0.29, 0.717) is 6.61 Å². The van der Waals surface area contributed by atoms with Gasteiger partial charge in [0.25, 0.3) is 0 Å². The molecule has 1 radical (unpaired) electrons. The second-order valence-electron chi connectivity index (χ2n) is 3.59. The first-order valence-electron chi connectivity index (χ1n) is 5.22. The van der Waals surface area contributed by atoms with E-state index in [1.165, 1.54) is 5.39 Å². The van der Waals surface area contributed by atoms with Crippen LogP contribution in [0.4, 0.5) is 0 Å². The number of hydrogen-bond acceptors (Lipinski definition) is 2. The van der Waals surface area contributed by atoms with Crippen LogP contribution in [0.25, 0.3) is 10.8 Å². The predicted molar refractivity (Wildman–Crippen MR) is 63.7 cm³/mol. The molecule has 2 heteroatoms. The summed E-state index contributed by atoms with van der Waals surface area (Å²) in [5, 5.41) is 2.35. The highest BCUT2D eigenvalue weighted by atomic mass is 16.5. The molecule has 0 saturated heterocycles. The summed E-state index contributed by atoms with van der Waals surface area (Å²) in [7, 11) is 0. The highest BCUT2D eigenvalue weighted by Crippen LogP contribution is 2.16. The molecular weight excluding hydrogens is 200 g/mol. The molecule has 0 saturated carbocycles. The van der Waals surface area contributed by atoms with Gasteiger partial charge in [-0.3, -0.25) is 4.79 Å². The fourth-order valence-corrected chi connectivity index (χ4v) is 1.56. The van der Waals surface area contributed by atoms with Crippen LogP contribution >= 0.6 is 0 Å². The molecule has 0 unspecified atom stereocenters. The van der Waals surface area contributed by atoms with Gasteiger partial charge in [-0.25, -0.2) is 0 Å². The van der Waals surface area contributed by atoms with Gasteiger partial charge in [0.2, 0.25) is 0 Å². The van der Waals surface area contributed by atoms with Crippen LogP contribution in [-0.2, 0) is 16.1 Å². The van der Waals surface area contributed by atoms with E-state index in [-0.39, 0.29) is 12.4 Å². The molecule has 81 valence electrons. The topological polar surface area (TPSA) is 26.3 Å². The maximum absolute atomic E-state index is 11.0. The van der Waals surface area contributed by atoms with Crippen LogP contribution in [-0.4, -0.2) is 5.97 Å². The number of benzene rings is 2. The van der Waals surface area contributed by atoms with Gasteiger partial charge < -0.3 is 4.74 Å². The van der Waals surface area contributed by atoms with E-state index in [4.69, 9.17) is 4.74 Å². The Hall–Kier alpha value is -1.83. The summed E-state index contributed by atoms with van der Waals surface area (Å²) in [5.41, 5.74) is 1.00. The van der Waals surface area contributed by atoms with Crippen LogP contribution < -0.4 is 0 Å². The summed E-state index contributed by atoms with van der Waals surface area (Å²) >= 11 is 0. The largest absolute Gasteiger partial charge is 0.461 e. The van der Waals surface area contributed by atoms with Gasteiger partial charge in [0, 0.05) is 6.42 Å². The van der Waals surface area contributed by atoms with Crippen LogP contribution in [0.1, 0.15) is 12.0 Å². The van der Waals surface area contributed by atoms with Gasteiger partial charge in [-0.05, 0) is 29.3 Å². The van der Waals surface area contributed by atoms with E-state index in [1.54, 1.807) is 0 Å². The third-order valence-electron chi connectivity index (χ3n) is 2.42. The zero-order chi connectivity index (χ0) is 11.4. The highest BCUT2D eigenvalue weighted by molar-refractivity contribution is 5.83. The monoisotopic (exact) mass is 213 g/mol. The average Bonchev–Trinajstić information content (AvgIpc) is 2.35. The van der Waals surface area contributed by atoms with Crippen LogP contribution in [0.2, 0.25) is 0 Å². The molecule has 0 aliphatic rings. The van der Waals surface area contributed by atoms with Gasteiger partial charge >= 0.3 is 5.97 Å². The first kappa shape index (κ1) is 10.7. The second kappa shape index (κ2) is 4.79. The first-order valence-corrected chi connectivity index (χ1v) is 5.22. The summed E-state index contributed by atoms with van der Waals surface area (Å²) in [6.45, 7) is 3.79. The Labute approximate surface area is 94.8 Å². The number of esters is 1. The number of ether oxygens (including phenoxy) is 1. The second-order valence-corrected chi connectivity index (χ2v) is 3.59. The highest BCUT2D eigenvalue weighted by Gasteiger charge is 2.00. The molecule has 2 aromatic rings. The molecule has 2 nitrogen and oxygen atoms in total. The molecule has 0 spiro atoms. The molecule has 0 atom stereocenters. The quantitative estimate of drug-likeness (QED) is 0.732. The van der Waals surface area contributed by atoms with Crippen molar-refractivity contribution >= 4 is 16.7 Å². The van der Waals surface area contributed by atoms with Gasteiger partial charge in [-0.15, -0.1) is 0 Å². The van der Waals surface area contributed by atoms with Crippen molar-refractivity contribution in [3.63, 3.8) is 0 Å². The van der Waals surface area contributed by atoms with E-state index < -0.39 is 0 Å². The molecule has 0 aliphatic heterocycles. The molecular formula is C14H13O2. The third kappa shape index (κ3) is 2.40. The van der Waals surface area contributed by atoms with Crippen molar-refractivity contribution in [2.45, 2.75) is 13.0 Å². The SMILES string of the molecule is [CH2]CC(=O)OCc1ccc2ccccc2c1. The van der Waals surface area contributed by atoms with E-state index in [9.17, 15) is 4.79 Å². The van der Waals surface area contributed by atoms with Gasteiger partial charge in [0.05, 0.1) is 0 Å². The Morgan fingerprint density at radius 2 is 1.88 bits per heavy atom. The molecule has 16 heavy (non-hydrogen) atoms. The first-order chi connectivity index (χ1) is 7.79. The van der Waals surface area contributed by atoms with Crippen LogP contribution in [0.3, 0.4) is 0 Å². The number of carbonyl (C=O) groups is 1. The molecule has 0 aromatic heterocycles. The lowest BCUT2D eigenvalue weighted by molar-refractivity contribution is -0.143. The molecule has 0 aliphatic carbocycles. The summed E-state index contributed by atoms with van der Waals surface area (Å²) in [5.74, 6) is -0.270. The molecule has 0 heterocycles. The number of hydrogen-bond donors (Lipinski definition) is 0. The fourth-order valence-electron chi connectivity index (χ4n) is 1.56. The van der Waals surface area contributed by atoms with Crippen molar-refractivity contribution in [3.8, 4) is 0 Å². The van der Waals surface area contributed by atoms with Gasteiger partial charge in [0.1, 0.15) is 6.61 Å². The predicted octanol–water partition coefficient (Wildman–Crippen LogP) is 3.11. The minimum Gasteiger partial charge on any atom is -0.461 e. The maximum atomic E-state index is 11.0. The Bertz CT molecular complexity index is 503. The summed E-state index contributed by atoms with van der Waals surface area (Å²) in [6, 6.07) is 14.1. The van der Waals surface area contributed by atoms with Crippen molar-refractivity contribution in [2.24, 2.45) is 0 Å². The molecule has 0 amide bonds. The maximum Gasteiger partial charge on any atom is 0.306 e. The summed E-state index contributed by atoms with van der Waals surface area (Å²) in [6.07, 6.45) is 0.174. The smallest absolute Gasteiger partial charge is 0.306 e. The van der Waals surface area contributed by atoms with Gasteiger partial charge in [0.15, 0.2) is 0 Å². The standard InChI is InChI=1S/C14H13O2/c1-2-14(15)16-10-11-7-8-12-5-3-4-6-13(12)9-11/h3-9H,1-2,10H2. The number of carbonyl (C=O) groups excluding carboxylic acids is 1. The lowest BCUT2D eigenvalue weighted by Crippen LogP contribution is -2.02. The Kier molecular flexibility index (Phi) is 3.20. The Morgan fingerprint density at radius 1 is 1.12 bits per heavy atom. The minimum absolute atomic E-state index is 0.174. The molecule has 0 N–H and O–H groups in total. The van der Waals surface area contributed by atoms with E-state index in [0.717, 1.165) is 10.9 Å². The summed E-state index contributed by atoms with van der Waals surface area (Å²) in [4.78, 5) is 11.0. The van der Waals surface area contributed by atoms with Crippen LogP contribution in [0.5, 0.6) is 0 Å². The van der Waals surface area contributed by atoms with Gasteiger partial charge in [-0.1, -0.05) is 36.4 Å². The normalized spacial score (nSPS) is 10.3. The zero-order valence-corrected chi connectivity index (χ0v) is 8.98. The minimum atomic E-state index is -0.270. The van der Waals surface area contributed by atoms with Crippen molar-refractivity contribution in [2.75, 3.05) is 0 Å². The molecule has 2 rings (SSSR count). The van der Waals surface area contributed by atoms with Crippen LogP contribution in [0, 0.1) is 6.92 Å². The van der Waals surface area contributed by atoms with Crippen molar-refractivity contribution in [3.05, 3.63) is 55.0 Å². The van der Waals surface area contributed by atoms with Crippen molar-refractivity contribution < 1.29 is 9.53 Å². The van der Waals surface area contributed by atoms with Crippen molar-refractivity contribution in [1.29, 1.82) is 0 Å². The van der Waals surface area contributed by atoms with E-state index >= 15 is 0 Å². The van der Waals surface area contributed by atoms with E-state index in [2.05, 4.69) is 13.0 Å². The van der Waals surface area contributed by atoms with Gasteiger partial charge in [-0.2, -0.15) is 0 Å².